The molecule has 11 nitrogen and oxygen atoms in total. The zero-order valence-corrected chi connectivity index (χ0v) is 21.5. The number of benzene rings is 1. The van der Waals surface area contributed by atoms with Crippen LogP contribution >= 0.6 is 30.9 Å². The molecule has 0 aliphatic carbocycles. The lowest BCUT2D eigenvalue weighted by molar-refractivity contribution is -0.142. The van der Waals surface area contributed by atoms with E-state index in [0.29, 0.717) is 18.4 Å². The molecule has 1 aliphatic heterocycles. The standard InChI is InChI=1S/C21H26Cl2N5O6P/c1-12(21(31)34-2)27-35(32,33)28-8-6-14(7-9-28)25-20(30)19-13(11-24-26-19)10-17(29)18-15(22)4-3-5-16(18)23/h3-5,11-12,14H,6-10H2,1-2H3,(H,24,26)(H,25,30)(H2,27,32,33)/t12-/m0/s1. The largest absolute Gasteiger partial charge is 0.468 e. The third-order valence-electron chi connectivity index (χ3n) is 5.64. The van der Waals surface area contributed by atoms with Crippen molar-refractivity contribution in [2.75, 3.05) is 20.2 Å². The maximum atomic E-state index is 12.9. The average molecular weight is 546 g/mol. The first kappa shape index (κ1) is 27.3. The van der Waals surface area contributed by atoms with Gasteiger partial charge in [0.05, 0.1) is 28.9 Å². The second kappa shape index (κ2) is 11.6. The Labute approximate surface area is 212 Å². The van der Waals surface area contributed by atoms with E-state index in [0.717, 1.165) is 0 Å². The number of aromatic amines is 1. The monoisotopic (exact) mass is 545 g/mol. The molecule has 4 N–H and O–H groups in total. The summed E-state index contributed by atoms with van der Waals surface area (Å²) in [4.78, 5) is 47.5. The maximum absolute atomic E-state index is 12.9. The van der Waals surface area contributed by atoms with Gasteiger partial charge in [0.2, 0.25) is 0 Å². The van der Waals surface area contributed by atoms with Crippen molar-refractivity contribution in [3.8, 4) is 0 Å². The van der Waals surface area contributed by atoms with Crippen molar-refractivity contribution in [3.63, 3.8) is 0 Å². The molecule has 1 aromatic heterocycles. The number of nitrogens with zero attached hydrogens (tertiary/aromatic N) is 2. The molecule has 1 aromatic carbocycles. The molecule has 0 saturated carbocycles. The van der Waals surface area contributed by atoms with Crippen molar-refractivity contribution in [2.45, 2.75) is 38.3 Å². The summed E-state index contributed by atoms with van der Waals surface area (Å²) in [6.07, 6.45) is 2.08. The Kier molecular flexibility index (Phi) is 9.09. The van der Waals surface area contributed by atoms with Crippen LogP contribution < -0.4 is 10.4 Å². The molecule has 1 unspecified atom stereocenters. The van der Waals surface area contributed by atoms with E-state index < -0.39 is 25.6 Å². The topological polar surface area (TPSA) is 154 Å². The van der Waals surface area contributed by atoms with Gasteiger partial charge in [0.25, 0.3) is 5.91 Å². The summed E-state index contributed by atoms with van der Waals surface area (Å²) in [6.45, 7) is 1.88. The van der Waals surface area contributed by atoms with Gasteiger partial charge in [0.15, 0.2) is 5.78 Å². The number of carbonyl (C=O) groups is 3. The number of amides is 1. The molecule has 0 spiro atoms. The van der Waals surface area contributed by atoms with Crippen molar-refractivity contribution < 1.29 is 28.6 Å². The van der Waals surface area contributed by atoms with Crippen LogP contribution in [0.4, 0.5) is 0 Å². The highest BCUT2D eigenvalue weighted by atomic mass is 35.5. The number of Topliss-reactive ketones (excluding diaryl/α,β-unsaturated/α-hetero) is 1. The molecule has 2 atom stereocenters. The number of nitrogens with one attached hydrogen (secondary N) is 3. The fourth-order valence-corrected chi connectivity index (χ4v) is 5.92. The Bertz CT molecular complexity index is 1130. The number of rotatable bonds is 9. The summed E-state index contributed by atoms with van der Waals surface area (Å²) in [5.41, 5.74) is 0.714. The maximum Gasteiger partial charge on any atom is 0.341 e. The van der Waals surface area contributed by atoms with Gasteiger partial charge in [-0.15, -0.1) is 0 Å². The van der Waals surface area contributed by atoms with E-state index in [-0.39, 0.29) is 52.6 Å². The minimum Gasteiger partial charge on any atom is -0.468 e. The predicted octanol–water partition coefficient (Wildman–Crippen LogP) is 2.59. The minimum absolute atomic E-state index is 0.126. The summed E-state index contributed by atoms with van der Waals surface area (Å²) in [7, 11) is -2.77. The summed E-state index contributed by atoms with van der Waals surface area (Å²) < 4.78 is 18.6. The fourth-order valence-electron chi connectivity index (χ4n) is 3.77. The van der Waals surface area contributed by atoms with Gasteiger partial charge < -0.3 is 14.9 Å². The summed E-state index contributed by atoms with van der Waals surface area (Å²) in [6, 6.07) is 3.55. The highest BCUT2D eigenvalue weighted by molar-refractivity contribution is 7.53. The van der Waals surface area contributed by atoms with Crippen LogP contribution in [-0.4, -0.2) is 69.7 Å². The van der Waals surface area contributed by atoms with Gasteiger partial charge in [0.1, 0.15) is 11.7 Å². The molecule has 2 aromatic rings. The van der Waals surface area contributed by atoms with Crippen molar-refractivity contribution in [1.29, 1.82) is 0 Å². The lowest BCUT2D eigenvalue weighted by atomic mass is 10.0. The molecule has 1 fully saturated rings. The lowest BCUT2D eigenvalue weighted by Crippen LogP contribution is -2.46. The van der Waals surface area contributed by atoms with E-state index in [1.54, 1.807) is 18.2 Å². The number of hydrogen-bond acceptors (Lipinski definition) is 6. The molecule has 2 heterocycles. The average Bonchev–Trinajstić information content (AvgIpc) is 3.26. The molecule has 3 rings (SSSR count). The van der Waals surface area contributed by atoms with Gasteiger partial charge in [-0.1, -0.05) is 29.3 Å². The second-order valence-electron chi connectivity index (χ2n) is 8.09. The third kappa shape index (κ3) is 6.69. The van der Waals surface area contributed by atoms with Crippen LogP contribution in [0.15, 0.2) is 24.4 Å². The molecular weight excluding hydrogens is 520 g/mol. The van der Waals surface area contributed by atoms with Crippen LogP contribution in [0.3, 0.4) is 0 Å². The molecule has 1 saturated heterocycles. The van der Waals surface area contributed by atoms with Crippen LogP contribution in [-0.2, 0) is 20.5 Å². The van der Waals surface area contributed by atoms with Gasteiger partial charge in [-0.2, -0.15) is 5.10 Å². The van der Waals surface area contributed by atoms with Crippen LogP contribution in [0.5, 0.6) is 0 Å². The molecule has 0 radical (unpaired) electrons. The summed E-state index contributed by atoms with van der Waals surface area (Å²) in [5.74, 6) is -1.44. The first-order valence-electron chi connectivity index (χ1n) is 10.8. The summed E-state index contributed by atoms with van der Waals surface area (Å²) >= 11 is 12.2. The van der Waals surface area contributed by atoms with Gasteiger partial charge in [-0.25, -0.2) is 9.76 Å². The molecule has 35 heavy (non-hydrogen) atoms. The van der Waals surface area contributed by atoms with E-state index in [9.17, 15) is 23.8 Å². The van der Waals surface area contributed by atoms with E-state index >= 15 is 0 Å². The van der Waals surface area contributed by atoms with Crippen molar-refractivity contribution >= 4 is 48.5 Å². The van der Waals surface area contributed by atoms with Crippen LogP contribution in [0.2, 0.25) is 10.0 Å². The molecule has 0 bridgehead atoms. The number of halogens is 2. The molecule has 190 valence electrons. The normalized spacial score (nSPS) is 17.4. The smallest absolute Gasteiger partial charge is 0.341 e. The van der Waals surface area contributed by atoms with E-state index in [2.05, 4.69) is 25.3 Å². The first-order valence-corrected chi connectivity index (χ1v) is 13.1. The zero-order chi connectivity index (χ0) is 25.8. The second-order valence-corrected chi connectivity index (χ2v) is 10.8. The zero-order valence-electron chi connectivity index (χ0n) is 19.1. The van der Waals surface area contributed by atoms with Crippen LogP contribution in [0.25, 0.3) is 0 Å². The number of esters is 1. The quantitative estimate of drug-likeness (QED) is 0.211. The van der Waals surface area contributed by atoms with Crippen LogP contribution in [0.1, 0.15) is 46.2 Å². The number of ether oxygens (including phenoxy) is 1. The van der Waals surface area contributed by atoms with Crippen molar-refractivity contribution in [3.05, 3.63) is 51.3 Å². The predicted molar refractivity (Wildman–Crippen MR) is 130 cm³/mol. The summed E-state index contributed by atoms with van der Waals surface area (Å²) in [5, 5.41) is 12.2. The number of hydrogen-bond donors (Lipinski definition) is 4. The Morgan fingerprint density at radius 3 is 2.51 bits per heavy atom. The Morgan fingerprint density at radius 2 is 1.91 bits per heavy atom. The SMILES string of the molecule is COC(=O)[C@H](C)NP(=O)(O)N1CCC(NC(=O)c2[nH]ncc2CC(=O)c2c(Cl)cccc2Cl)CC1. The number of piperidine rings is 1. The highest BCUT2D eigenvalue weighted by Gasteiger charge is 2.35. The lowest BCUT2D eigenvalue weighted by Gasteiger charge is -2.35. The van der Waals surface area contributed by atoms with E-state index in [1.807, 2.05) is 0 Å². The Morgan fingerprint density at radius 1 is 1.29 bits per heavy atom. The number of H-pyrrole nitrogens is 1. The third-order valence-corrected chi connectivity index (χ3v) is 8.16. The number of methoxy groups -OCH3 is 1. The Hall–Kier alpha value is -2.27. The fraction of sp³-hybridized carbons (Fsp3) is 0.429. The minimum atomic E-state index is -3.97. The molecular formula is C21H26Cl2N5O6P. The van der Waals surface area contributed by atoms with Gasteiger partial charge in [-0.3, -0.25) is 24.0 Å². The highest BCUT2D eigenvalue weighted by Crippen LogP contribution is 2.43. The molecule has 1 aliphatic rings. The van der Waals surface area contributed by atoms with E-state index in [4.69, 9.17) is 23.2 Å². The van der Waals surface area contributed by atoms with Crippen molar-refractivity contribution in [2.24, 2.45) is 0 Å². The first-order chi connectivity index (χ1) is 16.5. The van der Waals surface area contributed by atoms with Gasteiger partial charge >= 0.3 is 13.6 Å². The van der Waals surface area contributed by atoms with Crippen LogP contribution in [0, 0.1) is 0 Å². The van der Waals surface area contributed by atoms with Crippen molar-refractivity contribution in [1.82, 2.24) is 25.3 Å². The van der Waals surface area contributed by atoms with Gasteiger partial charge in [-0.05, 0) is 31.9 Å². The van der Waals surface area contributed by atoms with Gasteiger partial charge in [0, 0.05) is 31.1 Å². The molecule has 1 amide bonds. The number of aromatic nitrogens is 2. The number of carbonyl (C=O) groups excluding carboxylic acids is 3. The number of ketones is 1. The molecule has 14 heteroatoms. The Balaban J connectivity index is 1.58. The van der Waals surface area contributed by atoms with E-state index in [1.165, 1.54) is 24.9 Å².